The van der Waals surface area contributed by atoms with Gasteiger partial charge in [-0.25, -0.2) is 0 Å². The van der Waals surface area contributed by atoms with E-state index < -0.39 is 5.41 Å². The average molecular weight is 368 g/mol. The Morgan fingerprint density at radius 2 is 2.22 bits per heavy atom. The van der Waals surface area contributed by atoms with Crippen LogP contribution in [0.5, 0.6) is 5.75 Å². The number of hydrogen-bond acceptors (Lipinski definition) is 4. The van der Waals surface area contributed by atoms with E-state index in [1.807, 2.05) is 12.1 Å². The molecule has 0 amide bonds. The molecule has 1 N–H and O–H groups in total. The van der Waals surface area contributed by atoms with Gasteiger partial charge in [0.25, 0.3) is 0 Å². The van der Waals surface area contributed by atoms with Crippen LogP contribution in [-0.2, 0) is 21.4 Å². The molecule has 4 heterocycles. The fourth-order valence-electron chi connectivity index (χ4n) is 6.43. The summed E-state index contributed by atoms with van der Waals surface area (Å²) in [6.45, 7) is 4.40. The second kappa shape index (κ2) is 5.99. The highest BCUT2D eigenvalue weighted by atomic mass is 16.5. The molecule has 1 unspecified atom stereocenters. The lowest BCUT2D eigenvalue weighted by atomic mass is 9.56. The summed E-state index contributed by atoms with van der Waals surface area (Å²) in [6, 6.07) is 6.43. The summed E-state index contributed by atoms with van der Waals surface area (Å²) >= 11 is 0. The van der Waals surface area contributed by atoms with Crippen molar-refractivity contribution >= 4 is 16.9 Å². The lowest BCUT2D eigenvalue weighted by Gasteiger charge is -2.57. The van der Waals surface area contributed by atoms with Gasteiger partial charge in [-0.15, -0.1) is 0 Å². The van der Waals surface area contributed by atoms with Gasteiger partial charge >= 0.3 is 5.97 Å². The molecule has 1 aromatic carbocycles. The number of piperidine rings is 2. The van der Waals surface area contributed by atoms with Crippen LogP contribution >= 0.6 is 0 Å². The highest BCUT2D eigenvalue weighted by Crippen LogP contribution is 2.55. The van der Waals surface area contributed by atoms with E-state index in [0.29, 0.717) is 11.8 Å². The molecule has 4 aliphatic rings. The standard InChI is InChI=1S/C22H28N2O3/c1-4-14-9-13-11-22(21(25)27-3)19-17(7-8-24(12-13)20(14)22)16-6-5-15(26-2)10-18(16)23-19/h5-6,10,13-14,20,23H,4,7-9,11-12H2,1-3H3/t13-,14+,20+,22-/m1/s1. The normalized spacial score (nSPS) is 34.2. The molecule has 1 aliphatic carbocycles. The van der Waals surface area contributed by atoms with Crippen LogP contribution in [0.25, 0.3) is 10.9 Å². The van der Waals surface area contributed by atoms with Crippen molar-refractivity contribution in [3.63, 3.8) is 0 Å². The molecule has 1 saturated carbocycles. The SMILES string of the molecule is CC[C@H]1C[C@H]2CN3CCc4c([nH]c5cc(OC)ccc45)[C@](C(=O)OC)(C2)[C@H]13. The average Bonchev–Trinajstić information content (AvgIpc) is 3.04. The molecular weight excluding hydrogens is 340 g/mol. The van der Waals surface area contributed by atoms with Crippen LogP contribution in [0.3, 0.4) is 0 Å². The van der Waals surface area contributed by atoms with Gasteiger partial charge in [0.15, 0.2) is 0 Å². The number of hydrogen-bond donors (Lipinski definition) is 1. The van der Waals surface area contributed by atoms with Crippen LogP contribution < -0.4 is 4.74 Å². The fourth-order valence-corrected chi connectivity index (χ4v) is 6.43. The maximum absolute atomic E-state index is 13.4. The van der Waals surface area contributed by atoms with Gasteiger partial charge in [-0.3, -0.25) is 9.69 Å². The molecule has 5 heteroatoms. The summed E-state index contributed by atoms with van der Waals surface area (Å²) < 4.78 is 10.9. The number of nitrogens with zero attached hydrogens (tertiary/aromatic N) is 1. The minimum absolute atomic E-state index is 0.0676. The molecule has 4 bridgehead atoms. The highest BCUT2D eigenvalue weighted by molar-refractivity contribution is 5.92. The monoisotopic (exact) mass is 368 g/mol. The van der Waals surface area contributed by atoms with Crippen LogP contribution in [0.4, 0.5) is 0 Å². The molecule has 5 atom stereocenters. The van der Waals surface area contributed by atoms with Gasteiger partial charge in [-0.05, 0) is 48.8 Å². The number of H-pyrrole nitrogens is 1. The maximum atomic E-state index is 13.4. The Balaban J connectivity index is 1.78. The van der Waals surface area contributed by atoms with Crippen molar-refractivity contribution in [2.75, 3.05) is 27.3 Å². The van der Waals surface area contributed by atoms with Crippen LogP contribution in [-0.4, -0.2) is 49.2 Å². The summed E-state index contributed by atoms with van der Waals surface area (Å²) in [5.41, 5.74) is 2.88. The number of aromatic amines is 1. The van der Waals surface area contributed by atoms with Crippen molar-refractivity contribution in [3.8, 4) is 5.75 Å². The molecule has 2 saturated heterocycles. The first-order chi connectivity index (χ1) is 13.1. The first-order valence-corrected chi connectivity index (χ1v) is 10.1. The molecule has 0 spiro atoms. The van der Waals surface area contributed by atoms with Gasteiger partial charge in [0.2, 0.25) is 0 Å². The summed E-state index contributed by atoms with van der Waals surface area (Å²) in [5, 5.41) is 1.21. The Morgan fingerprint density at radius 1 is 1.37 bits per heavy atom. The highest BCUT2D eigenvalue weighted by Gasteiger charge is 2.62. The molecule has 144 valence electrons. The number of nitrogens with one attached hydrogen (secondary N) is 1. The van der Waals surface area contributed by atoms with Gasteiger partial charge in [0, 0.05) is 41.8 Å². The molecule has 3 aliphatic heterocycles. The third-order valence-electron chi connectivity index (χ3n) is 7.37. The maximum Gasteiger partial charge on any atom is 0.319 e. The number of fused-ring (bicyclic) bond motifs is 4. The first kappa shape index (κ1) is 17.1. The number of ether oxygens (including phenoxy) is 2. The van der Waals surface area contributed by atoms with Crippen molar-refractivity contribution in [2.24, 2.45) is 11.8 Å². The minimum Gasteiger partial charge on any atom is -0.497 e. The zero-order chi connectivity index (χ0) is 18.8. The van der Waals surface area contributed by atoms with E-state index in [9.17, 15) is 4.79 Å². The quantitative estimate of drug-likeness (QED) is 0.845. The lowest BCUT2D eigenvalue weighted by molar-refractivity contribution is -0.162. The Hall–Kier alpha value is -2.01. The summed E-state index contributed by atoms with van der Waals surface area (Å²) in [6.07, 6.45) is 4.22. The fraction of sp³-hybridized carbons (Fsp3) is 0.591. The third kappa shape index (κ3) is 2.18. The topological polar surface area (TPSA) is 54.6 Å². The molecule has 5 nitrogen and oxygen atoms in total. The van der Waals surface area contributed by atoms with E-state index in [0.717, 1.165) is 49.3 Å². The number of methoxy groups -OCH3 is 2. The number of rotatable bonds is 3. The van der Waals surface area contributed by atoms with Crippen molar-refractivity contribution in [2.45, 2.75) is 44.1 Å². The Labute approximate surface area is 160 Å². The first-order valence-electron chi connectivity index (χ1n) is 10.1. The number of aromatic nitrogens is 1. The predicted molar refractivity (Wildman–Crippen MR) is 104 cm³/mol. The summed E-state index contributed by atoms with van der Waals surface area (Å²) in [4.78, 5) is 19.6. The molecule has 1 aromatic heterocycles. The van der Waals surface area contributed by atoms with Gasteiger partial charge in [0.1, 0.15) is 11.2 Å². The van der Waals surface area contributed by atoms with E-state index >= 15 is 0 Å². The molecular formula is C22H28N2O3. The van der Waals surface area contributed by atoms with Gasteiger partial charge in [-0.2, -0.15) is 0 Å². The second-order valence-electron chi connectivity index (χ2n) is 8.52. The Kier molecular flexibility index (Phi) is 3.80. The molecule has 27 heavy (non-hydrogen) atoms. The van der Waals surface area contributed by atoms with Crippen LogP contribution in [0.15, 0.2) is 18.2 Å². The van der Waals surface area contributed by atoms with E-state index in [1.165, 1.54) is 17.4 Å². The zero-order valence-electron chi connectivity index (χ0n) is 16.4. The largest absolute Gasteiger partial charge is 0.497 e. The Morgan fingerprint density at radius 3 is 2.96 bits per heavy atom. The van der Waals surface area contributed by atoms with Crippen molar-refractivity contribution < 1.29 is 14.3 Å². The van der Waals surface area contributed by atoms with E-state index in [1.54, 1.807) is 14.2 Å². The Bertz CT molecular complexity index is 904. The molecule has 0 radical (unpaired) electrons. The van der Waals surface area contributed by atoms with E-state index in [4.69, 9.17) is 9.47 Å². The third-order valence-corrected chi connectivity index (χ3v) is 7.37. The van der Waals surface area contributed by atoms with Crippen LogP contribution in [0.2, 0.25) is 0 Å². The number of carbonyl (C=O) groups is 1. The number of esters is 1. The smallest absolute Gasteiger partial charge is 0.319 e. The number of benzene rings is 1. The second-order valence-corrected chi connectivity index (χ2v) is 8.52. The molecule has 6 rings (SSSR count). The van der Waals surface area contributed by atoms with Crippen molar-refractivity contribution in [1.82, 2.24) is 9.88 Å². The molecule has 2 aromatic rings. The van der Waals surface area contributed by atoms with Gasteiger partial charge < -0.3 is 14.5 Å². The van der Waals surface area contributed by atoms with Crippen molar-refractivity contribution in [1.29, 1.82) is 0 Å². The minimum atomic E-state index is -0.575. The summed E-state index contributed by atoms with van der Waals surface area (Å²) in [7, 11) is 3.23. The van der Waals surface area contributed by atoms with Gasteiger partial charge in [0.05, 0.1) is 14.2 Å². The van der Waals surface area contributed by atoms with Crippen LogP contribution in [0, 0.1) is 11.8 Å². The number of carbonyl (C=O) groups excluding carboxylic acids is 1. The van der Waals surface area contributed by atoms with E-state index in [-0.39, 0.29) is 12.0 Å². The predicted octanol–water partition coefficient (Wildman–Crippen LogP) is 3.26. The molecule has 3 fully saturated rings. The van der Waals surface area contributed by atoms with Crippen LogP contribution in [0.1, 0.15) is 37.4 Å². The zero-order valence-corrected chi connectivity index (χ0v) is 16.4. The lowest BCUT2D eigenvalue weighted by Crippen LogP contribution is -2.67. The van der Waals surface area contributed by atoms with Gasteiger partial charge in [-0.1, -0.05) is 13.3 Å². The van der Waals surface area contributed by atoms with E-state index in [2.05, 4.69) is 22.9 Å². The summed E-state index contributed by atoms with van der Waals surface area (Å²) in [5.74, 6) is 1.88. The van der Waals surface area contributed by atoms with Crippen molar-refractivity contribution in [3.05, 3.63) is 29.5 Å².